The molecule has 9 heteroatoms. The number of rotatable bonds is 13. The predicted octanol–water partition coefficient (Wildman–Crippen LogP) is 7.48. The molecule has 9 nitrogen and oxygen atoms in total. The fourth-order valence-corrected chi connectivity index (χ4v) is 7.28. The Labute approximate surface area is 301 Å². The monoisotopic (exact) mass is 686 g/mol. The van der Waals surface area contributed by atoms with Gasteiger partial charge in [-0.3, -0.25) is 24.5 Å². The van der Waals surface area contributed by atoms with E-state index < -0.39 is 0 Å². The molecule has 3 aliphatic rings. The summed E-state index contributed by atoms with van der Waals surface area (Å²) in [5, 5.41) is 19.0. The molecule has 2 aromatic carbocycles. The van der Waals surface area contributed by atoms with Crippen molar-refractivity contribution in [2.45, 2.75) is 96.7 Å². The molecule has 0 bridgehead atoms. The molecule has 4 aromatic rings. The van der Waals surface area contributed by atoms with Gasteiger partial charge in [-0.1, -0.05) is 30.7 Å². The summed E-state index contributed by atoms with van der Waals surface area (Å²) < 4.78 is 0. The molecule has 2 aliphatic carbocycles. The summed E-state index contributed by atoms with van der Waals surface area (Å²) in [6, 6.07) is 15.8. The van der Waals surface area contributed by atoms with Crippen molar-refractivity contribution in [2.75, 3.05) is 30.3 Å². The maximum atomic E-state index is 13.6. The summed E-state index contributed by atoms with van der Waals surface area (Å²) in [7, 11) is 0. The Morgan fingerprint density at radius 3 is 1.80 bits per heavy atom. The van der Waals surface area contributed by atoms with Crippen LogP contribution < -0.4 is 16.0 Å². The number of carbonyl (C=O) groups is 2. The molecule has 0 spiro atoms. The lowest BCUT2D eigenvalue weighted by atomic mass is 9.94. The van der Waals surface area contributed by atoms with Gasteiger partial charge in [0.2, 0.25) is 0 Å². The van der Waals surface area contributed by atoms with Crippen LogP contribution in [0.5, 0.6) is 0 Å². The molecule has 2 aromatic heterocycles. The fraction of sp³-hybridized carbons (Fsp3) is 0.429. The number of benzene rings is 2. The first kappa shape index (κ1) is 35.0. The minimum absolute atomic E-state index is 0.0143. The zero-order chi connectivity index (χ0) is 35.5. The Morgan fingerprint density at radius 1 is 0.784 bits per heavy atom. The summed E-state index contributed by atoms with van der Waals surface area (Å²) >= 11 is 0. The number of nitrogens with zero attached hydrogens (tertiary/aromatic N) is 3. The molecule has 2 amide bonds. The first-order valence-corrected chi connectivity index (χ1v) is 18.7. The first-order chi connectivity index (χ1) is 24.8. The zero-order valence-electron chi connectivity index (χ0n) is 30.1. The van der Waals surface area contributed by atoms with Gasteiger partial charge in [0, 0.05) is 42.9 Å². The van der Waals surface area contributed by atoms with Crippen LogP contribution in [0, 0.1) is 13.8 Å². The van der Waals surface area contributed by atoms with Crippen LogP contribution in [0.25, 0.3) is 11.1 Å². The highest BCUT2D eigenvalue weighted by Crippen LogP contribution is 2.43. The van der Waals surface area contributed by atoms with E-state index in [1.54, 1.807) is 6.20 Å². The molecule has 2 saturated carbocycles. The average Bonchev–Trinajstić information content (AvgIpc) is 4.08. The number of amides is 2. The van der Waals surface area contributed by atoms with Crippen molar-refractivity contribution >= 4 is 23.2 Å². The third-order valence-electron chi connectivity index (χ3n) is 10.8. The normalized spacial score (nSPS) is 16.9. The van der Waals surface area contributed by atoms with Gasteiger partial charge < -0.3 is 21.1 Å². The fourth-order valence-electron chi connectivity index (χ4n) is 7.28. The average molecular weight is 687 g/mol. The summed E-state index contributed by atoms with van der Waals surface area (Å²) in [5.74, 6) is 0.515. The summed E-state index contributed by atoms with van der Waals surface area (Å²) in [4.78, 5) is 38.8. The summed E-state index contributed by atoms with van der Waals surface area (Å²) in [5.41, 5.74) is 10.9. The van der Waals surface area contributed by atoms with Crippen molar-refractivity contribution in [3.8, 4) is 11.1 Å². The molecule has 3 heterocycles. The van der Waals surface area contributed by atoms with Crippen LogP contribution >= 0.6 is 0 Å². The smallest absolute Gasteiger partial charge is 0.274 e. The molecule has 3 fully saturated rings. The topological polar surface area (TPSA) is 119 Å². The van der Waals surface area contributed by atoms with Gasteiger partial charge in [0.15, 0.2) is 0 Å². The second-order valence-corrected chi connectivity index (χ2v) is 14.8. The quantitative estimate of drug-likeness (QED) is 0.115. The molecule has 4 N–H and O–H groups in total. The molecule has 0 radical (unpaired) electrons. The SMILES string of the molecule is Cc1c(NC(=O)c2cc(C3CC3)c(CN[C@@H](C)CO)cn2)cccc1-c1cccc(NC(=O)c2cc(C3CC3)c(CN3CCCCC3)cn2)c1C. The van der Waals surface area contributed by atoms with Crippen LogP contribution in [-0.4, -0.2) is 57.5 Å². The largest absolute Gasteiger partial charge is 0.395 e. The van der Waals surface area contributed by atoms with E-state index in [1.807, 2.05) is 75.5 Å². The van der Waals surface area contributed by atoms with Crippen LogP contribution in [0.2, 0.25) is 0 Å². The number of aliphatic hydroxyl groups is 1. The third kappa shape index (κ3) is 8.22. The molecule has 0 unspecified atom stereocenters. The molecule has 51 heavy (non-hydrogen) atoms. The molecule has 1 aliphatic heterocycles. The minimum Gasteiger partial charge on any atom is -0.395 e. The Hall–Kier alpha value is -4.44. The van der Waals surface area contributed by atoms with E-state index in [0.29, 0.717) is 35.5 Å². The van der Waals surface area contributed by atoms with Gasteiger partial charge >= 0.3 is 0 Å². The standard InChI is InChI=1S/C42H50N6O3/c1-26(25-49)43-21-31-22-44-39(19-35(31)29-13-14-29)41(50)46-37-11-7-9-33(27(37)2)34-10-8-12-38(28(34)3)47-42(51)40-20-36(30-15-16-30)32(23-45-40)24-48-17-5-4-6-18-48/h7-12,19-20,22-23,26,29-30,43,49H,4-6,13-18,21,24-25H2,1-3H3,(H,46,50)(H,47,51)/t26-/m0/s1. The lowest BCUT2D eigenvalue weighted by Gasteiger charge is -2.27. The third-order valence-corrected chi connectivity index (χ3v) is 10.8. The van der Waals surface area contributed by atoms with Crippen LogP contribution in [0.3, 0.4) is 0 Å². The number of pyridine rings is 2. The van der Waals surface area contributed by atoms with Crippen LogP contribution in [0.1, 0.15) is 118 Å². The predicted molar refractivity (Wildman–Crippen MR) is 202 cm³/mol. The molecular formula is C42H50N6O3. The van der Waals surface area contributed by atoms with Gasteiger partial charge in [-0.25, -0.2) is 0 Å². The van der Waals surface area contributed by atoms with Gasteiger partial charge in [-0.15, -0.1) is 0 Å². The highest BCUT2D eigenvalue weighted by Gasteiger charge is 2.29. The number of carbonyl (C=O) groups excluding carboxylic acids is 2. The van der Waals surface area contributed by atoms with Crippen molar-refractivity contribution in [3.05, 3.63) is 106 Å². The summed E-state index contributed by atoms with van der Waals surface area (Å²) in [6.45, 7) is 9.80. The second kappa shape index (κ2) is 15.4. The second-order valence-electron chi connectivity index (χ2n) is 14.8. The van der Waals surface area contributed by atoms with E-state index in [1.165, 1.54) is 43.2 Å². The highest BCUT2D eigenvalue weighted by atomic mass is 16.3. The van der Waals surface area contributed by atoms with Gasteiger partial charge in [0.05, 0.1) is 6.61 Å². The number of aliphatic hydroxyl groups excluding tert-OH is 1. The van der Waals surface area contributed by atoms with Gasteiger partial charge in [-0.2, -0.15) is 0 Å². The lowest BCUT2D eigenvalue weighted by molar-refractivity contribution is 0.101. The minimum atomic E-state index is -0.252. The van der Waals surface area contributed by atoms with Crippen molar-refractivity contribution in [2.24, 2.45) is 0 Å². The Bertz CT molecular complexity index is 1910. The van der Waals surface area contributed by atoms with Crippen molar-refractivity contribution in [1.29, 1.82) is 0 Å². The number of anilines is 2. The van der Waals surface area contributed by atoms with Crippen LogP contribution in [-0.2, 0) is 13.1 Å². The van der Waals surface area contributed by atoms with Crippen molar-refractivity contribution < 1.29 is 14.7 Å². The highest BCUT2D eigenvalue weighted by molar-refractivity contribution is 6.05. The van der Waals surface area contributed by atoms with Crippen LogP contribution in [0.15, 0.2) is 60.9 Å². The number of piperidine rings is 1. The van der Waals surface area contributed by atoms with Gasteiger partial charge in [0.25, 0.3) is 11.8 Å². The Morgan fingerprint density at radius 2 is 1.29 bits per heavy atom. The van der Waals surface area contributed by atoms with Gasteiger partial charge in [0.1, 0.15) is 11.4 Å². The zero-order valence-corrected chi connectivity index (χ0v) is 30.1. The molecule has 266 valence electrons. The van der Waals surface area contributed by atoms with Crippen LogP contribution in [0.4, 0.5) is 11.4 Å². The van der Waals surface area contributed by atoms with E-state index in [2.05, 4.69) is 30.8 Å². The van der Waals surface area contributed by atoms with E-state index in [-0.39, 0.29) is 24.5 Å². The van der Waals surface area contributed by atoms with Crippen molar-refractivity contribution in [1.82, 2.24) is 20.2 Å². The van der Waals surface area contributed by atoms with Gasteiger partial charge in [-0.05, 0) is 153 Å². The molecular weight excluding hydrogens is 637 g/mol. The van der Waals surface area contributed by atoms with E-state index in [4.69, 9.17) is 0 Å². The summed E-state index contributed by atoms with van der Waals surface area (Å²) in [6.07, 6.45) is 12.1. The first-order valence-electron chi connectivity index (χ1n) is 18.7. The Kier molecular flexibility index (Phi) is 10.6. The maximum Gasteiger partial charge on any atom is 0.274 e. The number of nitrogens with one attached hydrogen (secondary N) is 3. The number of aromatic nitrogens is 2. The number of hydrogen-bond donors (Lipinski definition) is 4. The van der Waals surface area contributed by atoms with E-state index >= 15 is 0 Å². The molecule has 7 rings (SSSR count). The molecule has 1 atom stereocenters. The number of hydrogen-bond acceptors (Lipinski definition) is 7. The number of likely N-dealkylation sites (tertiary alicyclic amines) is 1. The van der Waals surface area contributed by atoms with E-state index in [0.717, 1.165) is 71.5 Å². The van der Waals surface area contributed by atoms with Crippen molar-refractivity contribution in [3.63, 3.8) is 0 Å². The van der Waals surface area contributed by atoms with E-state index in [9.17, 15) is 14.7 Å². The maximum absolute atomic E-state index is 13.6. The lowest BCUT2D eigenvalue weighted by Crippen LogP contribution is -2.29. The molecule has 1 saturated heterocycles. The Balaban J connectivity index is 1.07.